The van der Waals surface area contributed by atoms with Gasteiger partial charge in [-0.25, -0.2) is 4.98 Å². The molecule has 0 saturated heterocycles. The van der Waals surface area contributed by atoms with Gasteiger partial charge in [0.25, 0.3) is 0 Å². The fraction of sp³-hybridized carbons (Fsp3) is 0.182. The average Bonchev–Trinajstić information content (AvgIpc) is 2.63. The number of rotatable bonds is 3. The Balaban J connectivity index is 2.08. The molecule has 2 rings (SSSR count). The lowest BCUT2D eigenvalue weighted by molar-refractivity contribution is 1.12. The molecule has 0 spiro atoms. The molecule has 0 aliphatic carbocycles. The van der Waals surface area contributed by atoms with E-state index in [-0.39, 0.29) is 0 Å². The third kappa shape index (κ3) is 2.54. The lowest BCUT2D eigenvalue weighted by Gasteiger charge is -2.08. The first-order valence-electron chi connectivity index (χ1n) is 4.84. The van der Waals surface area contributed by atoms with Crippen LogP contribution in [0.4, 0.5) is 11.4 Å². The highest BCUT2D eigenvalue weighted by Crippen LogP contribution is 2.25. The van der Waals surface area contributed by atoms with E-state index in [0.717, 1.165) is 28.1 Å². The number of nitrogens with zero attached hydrogens (tertiary/aromatic N) is 1. The third-order valence-electron chi connectivity index (χ3n) is 2.28. The van der Waals surface area contributed by atoms with Crippen LogP contribution in [-0.4, -0.2) is 4.98 Å². The predicted octanol–water partition coefficient (Wildman–Crippen LogP) is 3.41. The normalized spacial score (nSPS) is 10.4. The van der Waals surface area contributed by atoms with Crippen molar-refractivity contribution in [1.29, 1.82) is 0 Å². The number of hydrogen-bond donors (Lipinski definition) is 2. The fourth-order valence-electron chi connectivity index (χ4n) is 1.35. The molecule has 2 aromatic rings. The van der Waals surface area contributed by atoms with Gasteiger partial charge in [-0.3, -0.25) is 0 Å². The number of benzene rings is 1. The summed E-state index contributed by atoms with van der Waals surface area (Å²) >= 11 is 5.14. The smallest absolute Gasteiger partial charge is 0.0798 e. The van der Waals surface area contributed by atoms with Crippen molar-refractivity contribution < 1.29 is 0 Å². The SMILES string of the molecule is Cc1ncsc1CNc1ccc(N)cc1Br. The van der Waals surface area contributed by atoms with Gasteiger partial charge in [-0.15, -0.1) is 11.3 Å². The van der Waals surface area contributed by atoms with Crippen LogP contribution >= 0.6 is 27.3 Å². The third-order valence-corrected chi connectivity index (χ3v) is 3.87. The number of nitrogens with two attached hydrogens (primary N) is 1. The van der Waals surface area contributed by atoms with E-state index in [4.69, 9.17) is 5.73 Å². The van der Waals surface area contributed by atoms with E-state index in [1.54, 1.807) is 11.3 Å². The van der Waals surface area contributed by atoms with Crippen molar-refractivity contribution in [2.45, 2.75) is 13.5 Å². The Morgan fingerprint density at radius 2 is 2.31 bits per heavy atom. The van der Waals surface area contributed by atoms with Crippen molar-refractivity contribution >= 4 is 38.6 Å². The summed E-state index contributed by atoms with van der Waals surface area (Å²) in [6.07, 6.45) is 0. The van der Waals surface area contributed by atoms with Gasteiger partial charge >= 0.3 is 0 Å². The quantitative estimate of drug-likeness (QED) is 0.854. The first kappa shape index (κ1) is 11.4. The van der Waals surface area contributed by atoms with Crippen LogP contribution in [0.2, 0.25) is 0 Å². The first-order valence-corrected chi connectivity index (χ1v) is 6.52. The van der Waals surface area contributed by atoms with Crippen molar-refractivity contribution in [2.75, 3.05) is 11.1 Å². The molecule has 0 unspecified atom stereocenters. The zero-order valence-corrected chi connectivity index (χ0v) is 11.2. The standard InChI is InChI=1S/C11H12BrN3S/c1-7-11(16-6-15-7)5-14-10-3-2-8(13)4-9(10)12/h2-4,6,14H,5,13H2,1H3. The van der Waals surface area contributed by atoms with Crippen LogP contribution in [0.25, 0.3) is 0 Å². The Hall–Kier alpha value is -1.07. The van der Waals surface area contributed by atoms with Gasteiger partial charge in [0.15, 0.2) is 0 Å². The number of hydrogen-bond acceptors (Lipinski definition) is 4. The van der Waals surface area contributed by atoms with Gasteiger partial charge in [-0.1, -0.05) is 0 Å². The summed E-state index contributed by atoms with van der Waals surface area (Å²) in [6, 6.07) is 5.74. The lowest BCUT2D eigenvalue weighted by atomic mass is 10.3. The summed E-state index contributed by atoms with van der Waals surface area (Å²) in [5, 5.41) is 3.35. The second-order valence-electron chi connectivity index (χ2n) is 3.45. The maximum absolute atomic E-state index is 5.68. The number of thiazole rings is 1. The van der Waals surface area contributed by atoms with Crippen LogP contribution in [0, 0.1) is 6.92 Å². The van der Waals surface area contributed by atoms with E-state index in [2.05, 4.69) is 26.2 Å². The van der Waals surface area contributed by atoms with Crippen LogP contribution in [0.15, 0.2) is 28.2 Å². The minimum Gasteiger partial charge on any atom is -0.399 e. The molecule has 0 bridgehead atoms. The molecule has 1 aromatic carbocycles. The maximum atomic E-state index is 5.68. The minimum absolute atomic E-state index is 0.756. The van der Waals surface area contributed by atoms with E-state index in [0.29, 0.717) is 0 Å². The highest BCUT2D eigenvalue weighted by atomic mass is 79.9. The lowest BCUT2D eigenvalue weighted by Crippen LogP contribution is -2.00. The van der Waals surface area contributed by atoms with Gasteiger partial charge in [0.05, 0.1) is 17.7 Å². The largest absolute Gasteiger partial charge is 0.399 e. The summed E-state index contributed by atoms with van der Waals surface area (Å²) in [5.41, 5.74) is 10.4. The van der Waals surface area contributed by atoms with Crippen molar-refractivity contribution in [1.82, 2.24) is 4.98 Å². The average molecular weight is 298 g/mol. The van der Waals surface area contributed by atoms with Crippen LogP contribution in [0.5, 0.6) is 0 Å². The van der Waals surface area contributed by atoms with Crippen molar-refractivity contribution in [3.05, 3.63) is 38.8 Å². The molecular formula is C11H12BrN3S. The number of aryl methyl sites for hydroxylation is 1. The monoisotopic (exact) mass is 297 g/mol. The van der Waals surface area contributed by atoms with Gasteiger partial charge in [0, 0.05) is 20.7 Å². The Labute approximate surface area is 107 Å². The van der Waals surface area contributed by atoms with Gasteiger partial charge < -0.3 is 11.1 Å². The van der Waals surface area contributed by atoms with E-state index < -0.39 is 0 Å². The topological polar surface area (TPSA) is 50.9 Å². The molecule has 0 fully saturated rings. The number of nitrogen functional groups attached to an aromatic ring is 1. The van der Waals surface area contributed by atoms with E-state index in [1.807, 2.05) is 30.6 Å². The van der Waals surface area contributed by atoms with Crippen molar-refractivity contribution in [3.63, 3.8) is 0 Å². The molecule has 0 saturated carbocycles. The minimum atomic E-state index is 0.756. The molecular weight excluding hydrogens is 286 g/mol. The molecule has 0 radical (unpaired) electrons. The van der Waals surface area contributed by atoms with E-state index >= 15 is 0 Å². The zero-order chi connectivity index (χ0) is 11.5. The molecule has 3 N–H and O–H groups in total. The van der Waals surface area contributed by atoms with Gasteiger partial charge in [0.1, 0.15) is 0 Å². The Kier molecular flexibility index (Phi) is 3.46. The Morgan fingerprint density at radius 3 is 2.94 bits per heavy atom. The van der Waals surface area contributed by atoms with Crippen LogP contribution < -0.4 is 11.1 Å². The second-order valence-corrected chi connectivity index (χ2v) is 5.25. The van der Waals surface area contributed by atoms with E-state index in [1.165, 1.54) is 4.88 Å². The summed E-state index contributed by atoms with van der Waals surface area (Å²) in [5.74, 6) is 0. The summed E-state index contributed by atoms with van der Waals surface area (Å²) in [7, 11) is 0. The number of nitrogens with one attached hydrogen (secondary N) is 1. The van der Waals surface area contributed by atoms with Gasteiger partial charge in [-0.05, 0) is 41.1 Å². The molecule has 0 atom stereocenters. The van der Waals surface area contributed by atoms with Crippen LogP contribution in [0.3, 0.4) is 0 Å². The van der Waals surface area contributed by atoms with Crippen LogP contribution in [0.1, 0.15) is 10.6 Å². The molecule has 0 amide bonds. The highest BCUT2D eigenvalue weighted by Gasteiger charge is 2.03. The van der Waals surface area contributed by atoms with E-state index in [9.17, 15) is 0 Å². The molecule has 0 aliphatic rings. The van der Waals surface area contributed by atoms with Crippen molar-refractivity contribution in [3.8, 4) is 0 Å². The highest BCUT2D eigenvalue weighted by molar-refractivity contribution is 9.10. The second kappa shape index (κ2) is 4.84. The van der Waals surface area contributed by atoms with Gasteiger partial charge in [-0.2, -0.15) is 0 Å². The molecule has 1 aromatic heterocycles. The molecule has 0 aliphatic heterocycles. The zero-order valence-electron chi connectivity index (χ0n) is 8.83. The number of halogens is 1. The predicted molar refractivity (Wildman–Crippen MR) is 72.7 cm³/mol. The van der Waals surface area contributed by atoms with Crippen LogP contribution in [-0.2, 0) is 6.54 Å². The first-order chi connectivity index (χ1) is 7.66. The summed E-state index contributed by atoms with van der Waals surface area (Å²) in [4.78, 5) is 5.47. The number of aromatic nitrogens is 1. The van der Waals surface area contributed by atoms with Gasteiger partial charge in [0.2, 0.25) is 0 Å². The fourth-order valence-corrected chi connectivity index (χ4v) is 2.60. The maximum Gasteiger partial charge on any atom is 0.0798 e. The number of anilines is 2. The molecule has 84 valence electrons. The Bertz CT molecular complexity index is 496. The summed E-state index contributed by atoms with van der Waals surface area (Å²) in [6.45, 7) is 2.81. The molecule has 16 heavy (non-hydrogen) atoms. The Morgan fingerprint density at radius 1 is 1.50 bits per heavy atom. The molecule has 3 nitrogen and oxygen atoms in total. The van der Waals surface area contributed by atoms with Crippen molar-refractivity contribution in [2.24, 2.45) is 0 Å². The molecule has 1 heterocycles. The molecule has 5 heteroatoms. The summed E-state index contributed by atoms with van der Waals surface area (Å²) < 4.78 is 0.981.